The zero-order valence-electron chi connectivity index (χ0n) is 16.9. The molecule has 0 heterocycles. The molecule has 3 aromatic rings. The van der Waals surface area contributed by atoms with Crippen molar-refractivity contribution in [1.82, 2.24) is 5.32 Å². The molecule has 0 saturated heterocycles. The van der Waals surface area contributed by atoms with Crippen LogP contribution >= 0.6 is 23.2 Å². The number of nitrogens with one attached hydrogen (secondary N) is 1. The number of hydrogen-bond acceptors (Lipinski definition) is 5. The van der Waals surface area contributed by atoms with Gasteiger partial charge >= 0.3 is 0 Å². The van der Waals surface area contributed by atoms with Crippen LogP contribution in [0, 0.1) is 10.1 Å². The normalized spacial score (nSPS) is 10.7. The smallest absolute Gasteiger partial charge is 0.269 e. The average Bonchev–Trinajstić information content (AvgIpc) is 2.77. The number of halogens is 2. The summed E-state index contributed by atoms with van der Waals surface area (Å²) in [5, 5.41) is 15.4. The van der Waals surface area contributed by atoms with Crippen LogP contribution in [0.2, 0.25) is 10.0 Å². The highest BCUT2D eigenvalue weighted by Crippen LogP contribution is 2.34. The number of nitrogens with zero attached hydrogens (tertiary/aromatic N) is 1. The summed E-state index contributed by atoms with van der Waals surface area (Å²) in [7, 11) is 1.57. The first-order valence-corrected chi connectivity index (χ1v) is 10.4. The second-order valence-corrected chi connectivity index (χ2v) is 7.70. The Hall–Kier alpha value is -2.80. The molecule has 162 valence electrons. The molecule has 0 radical (unpaired) electrons. The molecule has 0 aliphatic carbocycles. The van der Waals surface area contributed by atoms with Crippen LogP contribution in [-0.2, 0) is 19.6 Å². The molecule has 8 heteroatoms. The molecule has 0 fully saturated rings. The zero-order valence-corrected chi connectivity index (χ0v) is 18.4. The van der Waals surface area contributed by atoms with Crippen molar-refractivity contribution >= 4 is 28.9 Å². The van der Waals surface area contributed by atoms with Crippen molar-refractivity contribution in [3.8, 4) is 11.5 Å². The summed E-state index contributed by atoms with van der Waals surface area (Å²) >= 11 is 12.4. The van der Waals surface area contributed by atoms with E-state index in [1.165, 1.54) is 17.7 Å². The first kappa shape index (κ1) is 22.9. The van der Waals surface area contributed by atoms with Crippen LogP contribution in [0.4, 0.5) is 5.69 Å². The second kappa shape index (κ2) is 11.0. The van der Waals surface area contributed by atoms with Crippen LogP contribution in [0.5, 0.6) is 11.5 Å². The Morgan fingerprint density at radius 3 is 2.29 bits per heavy atom. The summed E-state index contributed by atoms with van der Waals surface area (Å²) < 4.78 is 11.3. The Labute approximate surface area is 190 Å². The van der Waals surface area contributed by atoms with Gasteiger partial charge in [0, 0.05) is 34.8 Å². The predicted molar refractivity (Wildman–Crippen MR) is 122 cm³/mol. The molecule has 6 nitrogen and oxygen atoms in total. The van der Waals surface area contributed by atoms with E-state index in [1.807, 2.05) is 30.3 Å². The summed E-state index contributed by atoms with van der Waals surface area (Å²) in [4.78, 5) is 10.3. The number of rotatable bonds is 10. The van der Waals surface area contributed by atoms with Gasteiger partial charge in [-0.2, -0.15) is 0 Å². The standard InChI is InChI=1S/C23H22Cl2N2O4/c1-30-22-12-18(14-26-11-10-16-2-6-19(24)7-3-16)21(25)13-23(22)31-15-17-4-8-20(9-5-17)27(28)29/h2-9,12-13,26H,10-11,14-15H2,1H3. The number of ether oxygens (including phenoxy) is 2. The third-order valence-electron chi connectivity index (χ3n) is 4.69. The van der Waals surface area contributed by atoms with E-state index in [-0.39, 0.29) is 12.3 Å². The van der Waals surface area contributed by atoms with Crippen LogP contribution in [-0.4, -0.2) is 18.6 Å². The van der Waals surface area contributed by atoms with Crippen molar-refractivity contribution < 1.29 is 14.4 Å². The summed E-state index contributed by atoms with van der Waals surface area (Å²) in [6.07, 6.45) is 0.877. The molecule has 0 spiro atoms. The maximum Gasteiger partial charge on any atom is 0.269 e. The quantitative estimate of drug-likeness (QED) is 0.234. The van der Waals surface area contributed by atoms with Gasteiger partial charge in [-0.05, 0) is 60.0 Å². The number of benzene rings is 3. The highest BCUT2D eigenvalue weighted by Gasteiger charge is 2.12. The molecule has 0 unspecified atom stereocenters. The van der Waals surface area contributed by atoms with E-state index in [9.17, 15) is 10.1 Å². The molecule has 0 aromatic heterocycles. The number of methoxy groups -OCH3 is 1. The minimum atomic E-state index is -0.435. The van der Waals surface area contributed by atoms with Crippen molar-refractivity contribution in [2.24, 2.45) is 0 Å². The molecule has 0 atom stereocenters. The fourth-order valence-electron chi connectivity index (χ4n) is 2.97. The van der Waals surface area contributed by atoms with E-state index in [1.54, 1.807) is 25.3 Å². The Bertz CT molecular complexity index is 1020. The van der Waals surface area contributed by atoms with Gasteiger partial charge in [0.05, 0.1) is 12.0 Å². The summed E-state index contributed by atoms with van der Waals surface area (Å²) in [5.41, 5.74) is 2.95. The van der Waals surface area contributed by atoms with Crippen LogP contribution in [0.1, 0.15) is 16.7 Å². The van der Waals surface area contributed by atoms with Gasteiger partial charge in [0.15, 0.2) is 11.5 Å². The maximum absolute atomic E-state index is 10.8. The average molecular weight is 461 g/mol. The van der Waals surface area contributed by atoms with Crippen LogP contribution < -0.4 is 14.8 Å². The molecular formula is C23H22Cl2N2O4. The lowest BCUT2D eigenvalue weighted by Crippen LogP contribution is -2.17. The van der Waals surface area contributed by atoms with Crippen LogP contribution in [0.25, 0.3) is 0 Å². The predicted octanol–water partition coefficient (Wildman–Crippen LogP) is 5.82. The lowest BCUT2D eigenvalue weighted by Gasteiger charge is -2.14. The second-order valence-electron chi connectivity index (χ2n) is 6.86. The van der Waals surface area contributed by atoms with Gasteiger partial charge in [0.25, 0.3) is 5.69 Å². The van der Waals surface area contributed by atoms with Crippen molar-refractivity contribution in [1.29, 1.82) is 0 Å². The van der Waals surface area contributed by atoms with E-state index in [4.69, 9.17) is 32.7 Å². The fourth-order valence-corrected chi connectivity index (χ4v) is 3.31. The largest absolute Gasteiger partial charge is 0.493 e. The van der Waals surface area contributed by atoms with Gasteiger partial charge < -0.3 is 14.8 Å². The number of non-ortho nitro benzene ring substituents is 1. The van der Waals surface area contributed by atoms with Crippen LogP contribution in [0.15, 0.2) is 60.7 Å². The van der Waals surface area contributed by atoms with Gasteiger partial charge in [-0.25, -0.2) is 0 Å². The molecule has 0 aliphatic rings. The molecule has 0 amide bonds. The Morgan fingerprint density at radius 2 is 1.65 bits per heavy atom. The highest BCUT2D eigenvalue weighted by molar-refractivity contribution is 6.31. The topological polar surface area (TPSA) is 73.6 Å². The lowest BCUT2D eigenvalue weighted by atomic mass is 10.1. The summed E-state index contributed by atoms with van der Waals surface area (Å²) in [6, 6.07) is 17.6. The van der Waals surface area contributed by atoms with Gasteiger partial charge in [-0.1, -0.05) is 35.3 Å². The van der Waals surface area contributed by atoms with Crippen LogP contribution in [0.3, 0.4) is 0 Å². The molecule has 0 bridgehead atoms. The highest BCUT2D eigenvalue weighted by atomic mass is 35.5. The van der Waals surface area contributed by atoms with Gasteiger partial charge in [0.1, 0.15) is 6.61 Å². The zero-order chi connectivity index (χ0) is 22.2. The fraction of sp³-hybridized carbons (Fsp3) is 0.217. The van der Waals surface area contributed by atoms with Crippen molar-refractivity contribution in [2.45, 2.75) is 19.6 Å². The Kier molecular flexibility index (Phi) is 8.12. The third kappa shape index (κ3) is 6.59. The summed E-state index contributed by atoms with van der Waals surface area (Å²) in [6.45, 7) is 1.62. The van der Waals surface area contributed by atoms with E-state index >= 15 is 0 Å². The first-order valence-electron chi connectivity index (χ1n) is 9.64. The lowest BCUT2D eigenvalue weighted by molar-refractivity contribution is -0.384. The van der Waals surface area contributed by atoms with E-state index in [0.717, 1.165) is 29.1 Å². The van der Waals surface area contributed by atoms with E-state index in [2.05, 4.69) is 5.32 Å². The Balaban J connectivity index is 1.57. The van der Waals surface area contributed by atoms with Crippen molar-refractivity contribution in [3.05, 3.63) is 97.5 Å². The summed E-state index contributed by atoms with van der Waals surface area (Å²) in [5.74, 6) is 1.08. The molecule has 0 aliphatic heterocycles. The molecular weight excluding hydrogens is 439 g/mol. The minimum absolute atomic E-state index is 0.0392. The molecule has 1 N–H and O–H groups in total. The number of nitro benzene ring substituents is 1. The molecule has 31 heavy (non-hydrogen) atoms. The SMILES string of the molecule is COc1cc(CNCCc2ccc(Cl)cc2)c(Cl)cc1OCc1ccc([N+](=O)[O-])cc1. The number of nitro groups is 1. The Morgan fingerprint density at radius 1 is 0.968 bits per heavy atom. The van der Waals surface area contributed by atoms with Crippen molar-refractivity contribution in [2.75, 3.05) is 13.7 Å². The number of hydrogen-bond donors (Lipinski definition) is 1. The molecule has 3 aromatic carbocycles. The van der Waals surface area contributed by atoms with E-state index in [0.29, 0.717) is 23.1 Å². The molecule has 3 rings (SSSR count). The monoisotopic (exact) mass is 460 g/mol. The van der Waals surface area contributed by atoms with Gasteiger partial charge in [0.2, 0.25) is 0 Å². The first-order chi connectivity index (χ1) is 15.0. The van der Waals surface area contributed by atoms with E-state index < -0.39 is 4.92 Å². The molecule has 0 saturated carbocycles. The van der Waals surface area contributed by atoms with Crippen molar-refractivity contribution in [3.63, 3.8) is 0 Å². The third-order valence-corrected chi connectivity index (χ3v) is 5.30. The van der Waals surface area contributed by atoms with Gasteiger partial charge in [-0.3, -0.25) is 10.1 Å². The maximum atomic E-state index is 10.8. The van der Waals surface area contributed by atoms with Gasteiger partial charge in [-0.15, -0.1) is 0 Å². The minimum Gasteiger partial charge on any atom is -0.493 e.